The van der Waals surface area contributed by atoms with E-state index in [1.165, 1.54) is 0 Å². The SMILES string of the molecule is Cn1cnc2cnncc21. The maximum atomic E-state index is 4.08. The fraction of sp³-hybridized carbons (Fsp3) is 0.167. The fourth-order valence-corrected chi connectivity index (χ4v) is 0.891. The van der Waals surface area contributed by atoms with Crippen LogP contribution in [0.3, 0.4) is 0 Å². The Balaban J connectivity index is 2.93. The van der Waals surface area contributed by atoms with E-state index in [0.29, 0.717) is 0 Å². The molecular formula is C6H6N4. The molecule has 0 N–H and O–H groups in total. The maximum absolute atomic E-state index is 4.08. The molecule has 0 bridgehead atoms. The average Bonchev–Trinajstić information content (AvgIpc) is 2.34. The van der Waals surface area contributed by atoms with Crippen molar-refractivity contribution >= 4 is 11.0 Å². The summed E-state index contributed by atoms with van der Waals surface area (Å²) in [7, 11) is 1.93. The molecule has 2 aromatic rings. The van der Waals surface area contributed by atoms with E-state index in [9.17, 15) is 0 Å². The van der Waals surface area contributed by atoms with Crippen molar-refractivity contribution in [2.75, 3.05) is 0 Å². The second-order valence-electron chi connectivity index (χ2n) is 2.12. The van der Waals surface area contributed by atoms with Crippen LogP contribution in [0.25, 0.3) is 11.0 Å². The molecule has 0 radical (unpaired) electrons. The lowest BCUT2D eigenvalue weighted by Gasteiger charge is -1.88. The molecule has 0 atom stereocenters. The Kier molecular flexibility index (Phi) is 0.943. The normalized spacial score (nSPS) is 10.5. The number of hydrogen-bond donors (Lipinski definition) is 0. The first-order chi connectivity index (χ1) is 4.88. The molecule has 0 aliphatic heterocycles. The number of aryl methyl sites for hydroxylation is 1. The number of rotatable bonds is 0. The van der Waals surface area contributed by atoms with E-state index >= 15 is 0 Å². The summed E-state index contributed by atoms with van der Waals surface area (Å²) in [6.45, 7) is 0. The van der Waals surface area contributed by atoms with Crippen molar-refractivity contribution in [1.29, 1.82) is 0 Å². The van der Waals surface area contributed by atoms with Gasteiger partial charge in [-0.15, -0.1) is 0 Å². The number of aromatic nitrogens is 4. The molecule has 50 valence electrons. The van der Waals surface area contributed by atoms with Gasteiger partial charge in [0.05, 0.1) is 24.2 Å². The lowest BCUT2D eigenvalue weighted by molar-refractivity contribution is 0.938. The number of imidazole rings is 1. The van der Waals surface area contributed by atoms with Crippen molar-refractivity contribution < 1.29 is 0 Å². The number of fused-ring (bicyclic) bond motifs is 1. The highest BCUT2D eigenvalue weighted by molar-refractivity contribution is 5.72. The first-order valence-electron chi connectivity index (χ1n) is 2.95. The van der Waals surface area contributed by atoms with Crippen LogP contribution in [0, 0.1) is 0 Å². The van der Waals surface area contributed by atoms with Crippen molar-refractivity contribution in [3.63, 3.8) is 0 Å². The van der Waals surface area contributed by atoms with Crippen molar-refractivity contribution in [3.05, 3.63) is 18.7 Å². The molecule has 0 aliphatic carbocycles. The van der Waals surface area contributed by atoms with Crippen molar-refractivity contribution in [1.82, 2.24) is 19.7 Å². The van der Waals surface area contributed by atoms with E-state index in [4.69, 9.17) is 0 Å². The third kappa shape index (κ3) is 0.586. The molecule has 0 unspecified atom stereocenters. The molecule has 0 aromatic carbocycles. The summed E-state index contributed by atoms with van der Waals surface area (Å²) in [6, 6.07) is 0. The van der Waals surface area contributed by atoms with Gasteiger partial charge < -0.3 is 4.57 Å². The van der Waals surface area contributed by atoms with Crippen molar-refractivity contribution in [3.8, 4) is 0 Å². The van der Waals surface area contributed by atoms with Crippen LogP contribution < -0.4 is 0 Å². The van der Waals surface area contributed by atoms with Crippen molar-refractivity contribution in [2.45, 2.75) is 0 Å². The Morgan fingerprint density at radius 1 is 1.30 bits per heavy atom. The van der Waals surface area contributed by atoms with Crippen LogP contribution in [-0.2, 0) is 7.05 Å². The van der Waals surface area contributed by atoms with Crippen LogP contribution in [0.5, 0.6) is 0 Å². The molecular weight excluding hydrogens is 128 g/mol. The summed E-state index contributed by atoms with van der Waals surface area (Å²) in [5.41, 5.74) is 1.90. The summed E-state index contributed by atoms with van der Waals surface area (Å²) in [5, 5.41) is 7.44. The quantitative estimate of drug-likeness (QED) is 0.522. The molecule has 0 fully saturated rings. The van der Waals surface area contributed by atoms with Gasteiger partial charge in [-0.1, -0.05) is 0 Å². The number of hydrogen-bond acceptors (Lipinski definition) is 3. The highest BCUT2D eigenvalue weighted by Crippen LogP contribution is 2.05. The summed E-state index contributed by atoms with van der Waals surface area (Å²) in [5.74, 6) is 0. The van der Waals surface area contributed by atoms with Gasteiger partial charge in [-0.3, -0.25) is 0 Å². The Bertz CT molecular complexity index is 351. The molecule has 0 amide bonds. The first-order valence-corrected chi connectivity index (χ1v) is 2.95. The molecule has 0 saturated carbocycles. The van der Waals surface area contributed by atoms with Gasteiger partial charge in [-0.05, 0) is 0 Å². The van der Waals surface area contributed by atoms with Gasteiger partial charge in [-0.2, -0.15) is 10.2 Å². The second kappa shape index (κ2) is 1.76. The second-order valence-corrected chi connectivity index (χ2v) is 2.12. The molecule has 4 heteroatoms. The van der Waals surface area contributed by atoms with Crippen LogP contribution in [0.2, 0.25) is 0 Å². The molecule has 4 nitrogen and oxygen atoms in total. The third-order valence-corrected chi connectivity index (χ3v) is 1.44. The van der Waals surface area contributed by atoms with Gasteiger partial charge in [0.25, 0.3) is 0 Å². The maximum Gasteiger partial charge on any atom is 0.110 e. The Morgan fingerprint density at radius 2 is 2.10 bits per heavy atom. The minimum absolute atomic E-state index is 0.887. The van der Waals surface area contributed by atoms with Crippen molar-refractivity contribution in [2.24, 2.45) is 7.05 Å². The van der Waals surface area contributed by atoms with E-state index in [-0.39, 0.29) is 0 Å². The van der Waals surface area contributed by atoms with Gasteiger partial charge in [0.1, 0.15) is 5.52 Å². The van der Waals surface area contributed by atoms with Crippen LogP contribution >= 0.6 is 0 Å². The van der Waals surface area contributed by atoms with Gasteiger partial charge >= 0.3 is 0 Å². The minimum Gasteiger partial charge on any atom is -0.332 e. The monoisotopic (exact) mass is 134 g/mol. The predicted octanol–water partition coefficient (Wildman–Crippen LogP) is 0.363. The largest absolute Gasteiger partial charge is 0.332 e. The molecule has 10 heavy (non-hydrogen) atoms. The van der Waals surface area contributed by atoms with Gasteiger partial charge in [0.2, 0.25) is 0 Å². The third-order valence-electron chi connectivity index (χ3n) is 1.44. The molecule has 2 heterocycles. The summed E-state index contributed by atoms with van der Waals surface area (Å²) < 4.78 is 1.91. The molecule has 2 aromatic heterocycles. The fourth-order valence-electron chi connectivity index (χ4n) is 0.891. The first kappa shape index (κ1) is 5.34. The highest BCUT2D eigenvalue weighted by atomic mass is 15.1. The number of nitrogens with zero attached hydrogens (tertiary/aromatic N) is 4. The van der Waals surface area contributed by atoms with E-state index in [1.54, 1.807) is 18.7 Å². The lowest BCUT2D eigenvalue weighted by atomic mass is 10.5. The van der Waals surface area contributed by atoms with E-state index in [1.807, 2.05) is 11.6 Å². The zero-order chi connectivity index (χ0) is 6.97. The van der Waals surface area contributed by atoms with Gasteiger partial charge in [0, 0.05) is 7.05 Å². The highest BCUT2D eigenvalue weighted by Gasteiger charge is 1.96. The van der Waals surface area contributed by atoms with Crippen LogP contribution in [0.1, 0.15) is 0 Å². The van der Waals surface area contributed by atoms with Gasteiger partial charge in [0.15, 0.2) is 0 Å². The summed E-state index contributed by atoms with van der Waals surface area (Å²) in [6.07, 6.45) is 5.09. The Hall–Kier alpha value is -1.45. The topological polar surface area (TPSA) is 43.6 Å². The zero-order valence-electron chi connectivity index (χ0n) is 5.52. The van der Waals surface area contributed by atoms with E-state index < -0.39 is 0 Å². The van der Waals surface area contributed by atoms with E-state index in [2.05, 4.69) is 15.2 Å². The zero-order valence-corrected chi connectivity index (χ0v) is 5.52. The molecule has 0 saturated heterocycles. The smallest absolute Gasteiger partial charge is 0.110 e. The minimum atomic E-state index is 0.887. The standard InChI is InChI=1S/C6H6N4/c1-10-4-7-5-2-8-9-3-6(5)10/h2-4H,1H3. The Labute approximate surface area is 57.5 Å². The lowest BCUT2D eigenvalue weighted by Crippen LogP contribution is -1.85. The van der Waals surface area contributed by atoms with Gasteiger partial charge in [-0.25, -0.2) is 4.98 Å². The Morgan fingerprint density at radius 3 is 2.90 bits per heavy atom. The summed E-state index contributed by atoms with van der Waals surface area (Å²) >= 11 is 0. The van der Waals surface area contributed by atoms with Crippen LogP contribution in [-0.4, -0.2) is 19.7 Å². The molecule has 0 aliphatic rings. The summed E-state index contributed by atoms with van der Waals surface area (Å²) in [4.78, 5) is 4.08. The van der Waals surface area contributed by atoms with E-state index in [0.717, 1.165) is 11.0 Å². The predicted molar refractivity (Wildman–Crippen MR) is 36.3 cm³/mol. The van der Waals surface area contributed by atoms with Crippen LogP contribution in [0.4, 0.5) is 0 Å². The molecule has 2 rings (SSSR count). The molecule has 0 spiro atoms. The van der Waals surface area contributed by atoms with Crippen LogP contribution in [0.15, 0.2) is 18.7 Å². The average molecular weight is 134 g/mol.